The number of ether oxygens (including phenoxy) is 2. The highest BCUT2D eigenvalue weighted by Gasteiger charge is 2.43. The van der Waals surface area contributed by atoms with Gasteiger partial charge in [0.15, 0.2) is 0 Å². The average Bonchev–Trinajstić information content (AvgIpc) is 3.63. The standard InChI is InChI=1S/C40H49N3O16S3/c1-3-41(18-6-26-61(50,51)52)30-9-11-32-29(15-21-58-35(32)27-30)7-4-8-36-40(2,17-5-25-60(47,48)49)33-28-31(62(53,54)55)10-12-34(33)42(36)19-22-57-24-23-56-20-16-39(46)59-43-37(44)13-14-38(43)45/h4,7-12,15,21,27-28H,3,5-6,13-14,16-20,22-26H2,1-2H3,(H2-,47,48,49,50,51,52,53,54,55)/p-2. The fourth-order valence-corrected chi connectivity index (χ4v) is 8.81. The van der Waals surface area contributed by atoms with E-state index in [0.29, 0.717) is 40.9 Å². The third-order valence-electron chi connectivity index (χ3n) is 10.4. The smallest absolute Gasteiger partial charge is 0.335 e. The normalized spacial score (nSPS) is 18.4. The van der Waals surface area contributed by atoms with E-state index in [9.17, 15) is 53.3 Å². The molecule has 0 saturated carbocycles. The Morgan fingerprint density at radius 1 is 0.887 bits per heavy atom. The maximum absolute atomic E-state index is 12.2. The second kappa shape index (κ2) is 20.6. The molecule has 4 aliphatic rings. The fraction of sp³-hybridized carbons (Fsp3) is 0.450. The van der Waals surface area contributed by atoms with Crippen LogP contribution in [0.3, 0.4) is 0 Å². The van der Waals surface area contributed by atoms with Crippen LogP contribution < -0.4 is 14.8 Å². The summed E-state index contributed by atoms with van der Waals surface area (Å²) in [6.07, 6.45) is 6.72. The molecule has 62 heavy (non-hydrogen) atoms. The number of carbonyl (C=O) groups excluding carboxylic acids is 3. The van der Waals surface area contributed by atoms with Crippen molar-refractivity contribution in [1.82, 2.24) is 9.64 Å². The molecule has 1 aromatic carbocycles. The van der Waals surface area contributed by atoms with E-state index >= 15 is 0 Å². The number of fused-ring (bicyclic) bond motifs is 2. The second-order valence-corrected chi connectivity index (χ2v) is 19.1. The van der Waals surface area contributed by atoms with Gasteiger partial charge in [-0.1, -0.05) is 12.2 Å². The van der Waals surface area contributed by atoms with E-state index in [4.69, 9.17) is 18.7 Å². The Hall–Kier alpha value is -4.81. The third kappa shape index (κ3) is 12.9. The Kier molecular flexibility index (Phi) is 16.0. The van der Waals surface area contributed by atoms with Crippen molar-refractivity contribution in [2.45, 2.75) is 62.7 Å². The van der Waals surface area contributed by atoms with Gasteiger partial charge in [-0.05, 0) is 74.2 Å². The lowest BCUT2D eigenvalue weighted by atomic mass is 9.77. The number of hydrogen-bond donors (Lipinski definition) is 0. The van der Waals surface area contributed by atoms with Gasteiger partial charge >= 0.3 is 5.97 Å². The van der Waals surface area contributed by atoms with E-state index in [-0.39, 0.29) is 71.5 Å². The quantitative estimate of drug-likeness (QED) is 0.0604. The van der Waals surface area contributed by atoms with Crippen molar-refractivity contribution in [3.8, 4) is 11.3 Å². The van der Waals surface area contributed by atoms with E-state index in [1.165, 1.54) is 24.5 Å². The maximum Gasteiger partial charge on any atom is 0.335 e. The zero-order valence-electron chi connectivity index (χ0n) is 34.1. The Bertz CT molecular complexity index is 2570. The molecule has 1 atom stereocenters. The van der Waals surface area contributed by atoms with E-state index in [0.717, 1.165) is 16.5 Å². The third-order valence-corrected chi connectivity index (χ3v) is 12.8. The number of benzene rings is 2. The van der Waals surface area contributed by atoms with Crippen LogP contribution in [-0.2, 0) is 64.5 Å². The highest BCUT2D eigenvalue weighted by molar-refractivity contribution is 7.86. The highest BCUT2D eigenvalue weighted by Crippen LogP contribution is 2.51. The van der Waals surface area contributed by atoms with Crippen molar-refractivity contribution in [2.24, 2.45) is 0 Å². The summed E-state index contributed by atoms with van der Waals surface area (Å²) in [5.74, 6) is -2.63. The Labute approximate surface area is 359 Å². The van der Waals surface area contributed by atoms with Crippen molar-refractivity contribution in [2.75, 3.05) is 62.5 Å². The van der Waals surface area contributed by atoms with Gasteiger partial charge in [-0.2, -0.15) is 0 Å². The lowest BCUT2D eigenvalue weighted by Gasteiger charge is -2.30. The predicted molar refractivity (Wildman–Crippen MR) is 219 cm³/mol. The number of anilines is 1. The molecule has 0 N–H and O–H groups in total. The molecule has 1 aliphatic carbocycles. The lowest BCUT2D eigenvalue weighted by molar-refractivity contribution is -0.198. The van der Waals surface area contributed by atoms with Crippen LogP contribution in [-0.4, -0.2) is 119 Å². The summed E-state index contributed by atoms with van der Waals surface area (Å²) < 4.78 is 124. The predicted octanol–water partition coefficient (Wildman–Crippen LogP) is 2.05. The topological polar surface area (TPSA) is 273 Å². The van der Waals surface area contributed by atoms with Gasteiger partial charge in [0.25, 0.3) is 11.8 Å². The largest absolute Gasteiger partial charge is 0.748 e. The highest BCUT2D eigenvalue weighted by atomic mass is 32.2. The van der Waals surface area contributed by atoms with Gasteiger partial charge in [0, 0.05) is 65.7 Å². The van der Waals surface area contributed by atoms with Crippen LogP contribution in [0.2, 0.25) is 0 Å². The molecule has 3 heterocycles. The summed E-state index contributed by atoms with van der Waals surface area (Å²) in [4.78, 5) is 41.5. The van der Waals surface area contributed by atoms with E-state index < -0.39 is 70.0 Å². The van der Waals surface area contributed by atoms with Crippen LogP contribution in [0.4, 0.5) is 5.69 Å². The summed E-state index contributed by atoms with van der Waals surface area (Å²) in [6.45, 7) is 4.94. The van der Waals surface area contributed by atoms with Crippen molar-refractivity contribution in [3.63, 3.8) is 0 Å². The first-order chi connectivity index (χ1) is 29.2. The minimum Gasteiger partial charge on any atom is -0.748 e. The average molecular weight is 922 g/mol. The molecule has 1 saturated heterocycles. The number of carbonyl (C=O) groups is 3. The van der Waals surface area contributed by atoms with Crippen molar-refractivity contribution in [1.29, 1.82) is 0 Å². The first kappa shape index (κ1) is 48.2. The zero-order chi connectivity index (χ0) is 45.3. The molecule has 1 fully saturated rings. The SMILES string of the molecule is CC[N+](CCCS(=O)(=O)[O-])=c1ccc2c(/C=C/C=C3/N(CCOCCOCCC(=O)ON4C(=O)CCC4=O)c4ccc(S(=O)(=O)[O-])cc4C3(C)CCCS(=O)(=O)[O-])ccoc-2c1. The Morgan fingerprint density at radius 2 is 1.56 bits per heavy atom. The van der Waals surface area contributed by atoms with Gasteiger partial charge in [0.05, 0.1) is 70.3 Å². The van der Waals surface area contributed by atoms with Crippen LogP contribution in [0.5, 0.6) is 0 Å². The molecule has 0 spiro atoms. The molecule has 0 aromatic heterocycles. The number of allylic oxidation sites excluding steroid dienone is 3. The molecule has 338 valence electrons. The molecule has 22 heteroatoms. The van der Waals surface area contributed by atoms with Gasteiger partial charge in [-0.25, -0.2) is 34.6 Å². The van der Waals surface area contributed by atoms with E-state index in [1.54, 1.807) is 31.2 Å². The first-order valence-electron chi connectivity index (χ1n) is 19.7. The number of nitrogens with zero attached hydrogens (tertiary/aromatic N) is 3. The number of amides is 2. The van der Waals surface area contributed by atoms with Gasteiger partial charge in [-0.15, -0.1) is 5.06 Å². The molecule has 1 unspecified atom stereocenters. The number of imide groups is 1. The molecule has 0 bridgehead atoms. The van der Waals surface area contributed by atoms with Crippen LogP contribution in [0.15, 0.2) is 75.9 Å². The fourth-order valence-electron chi connectivity index (χ4n) is 7.34. The lowest BCUT2D eigenvalue weighted by Crippen LogP contribution is -2.32. The van der Waals surface area contributed by atoms with Crippen LogP contribution in [0, 0.1) is 0 Å². The van der Waals surface area contributed by atoms with Crippen LogP contribution in [0.1, 0.15) is 63.5 Å². The Morgan fingerprint density at radius 3 is 2.23 bits per heavy atom. The molecule has 1 aromatic rings. The molecule has 5 rings (SSSR count). The second-order valence-electron chi connectivity index (χ2n) is 14.7. The number of hydroxylamine groups is 2. The monoisotopic (exact) mass is 921 g/mol. The minimum absolute atomic E-state index is 0.0268. The summed E-state index contributed by atoms with van der Waals surface area (Å²) in [5, 5.41) is 1.21. The summed E-state index contributed by atoms with van der Waals surface area (Å²) >= 11 is 0. The molecular weight excluding hydrogens is 875 g/mol. The molecular formula is C40H47N3O16S3-2. The zero-order valence-corrected chi connectivity index (χ0v) is 36.5. The van der Waals surface area contributed by atoms with Crippen molar-refractivity contribution < 1.29 is 72.0 Å². The minimum atomic E-state index is -4.89. The summed E-state index contributed by atoms with van der Waals surface area (Å²) in [7, 11) is -13.8. The van der Waals surface area contributed by atoms with Gasteiger partial charge in [0.2, 0.25) is 5.36 Å². The van der Waals surface area contributed by atoms with Gasteiger partial charge in [-0.3, -0.25) is 9.59 Å². The Balaban J connectivity index is 1.37. The summed E-state index contributed by atoms with van der Waals surface area (Å²) in [5.41, 5.74) is 1.92. The van der Waals surface area contributed by atoms with Crippen molar-refractivity contribution in [3.05, 3.63) is 83.1 Å². The molecule has 0 radical (unpaired) electrons. The van der Waals surface area contributed by atoms with Gasteiger partial charge < -0.3 is 37.3 Å². The van der Waals surface area contributed by atoms with Crippen molar-refractivity contribution >= 4 is 59.9 Å². The maximum atomic E-state index is 12.2. The molecule has 3 aliphatic heterocycles. The van der Waals surface area contributed by atoms with Crippen LogP contribution >= 0.6 is 0 Å². The van der Waals surface area contributed by atoms with E-state index in [1.807, 2.05) is 34.6 Å². The first-order valence-corrected chi connectivity index (χ1v) is 24.2. The number of hydrogen-bond acceptors (Lipinski definition) is 17. The summed E-state index contributed by atoms with van der Waals surface area (Å²) in [6, 6.07) is 11.2. The van der Waals surface area contributed by atoms with E-state index in [2.05, 4.69) is 0 Å². The van der Waals surface area contributed by atoms with Crippen LogP contribution in [0.25, 0.3) is 17.4 Å². The number of rotatable bonds is 22. The van der Waals surface area contributed by atoms with Gasteiger partial charge in [0.1, 0.15) is 29.0 Å². The molecule has 2 amide bonds. The molecule has 19 nitrogen and oxygen atoms in total.